The Labute approximate surface area is 82.4 Å². The maximum atomic E-state index is 5.84. The van der Waals surface area contributed by atoms with Crippen molar-refractivity contribution in [1.82, 2.24) is 4.98 Å². The van der Waals surface area contributed by atoms with Crippen LogP contribution in [-0.2, 0) is 5.88 Å². The third-order valence-corrected chi connectivity index (χ3v) is 2.36. The molecule has 0 amide bonds. The Kier molecular flexibility index (Phi) is 2.19. The van der Waals surface area contributed by atoms with Gasteiger partial charge in [0, 0.05) is 17.5 Å². The number of aryl methyl sites for hydroxylation is 1. The third-order valence-electron chi connectivity index (χ3n) is 2.07. The van der Waals surface area contributed by atoms with Crippen LogP contribution in [-0.4, -0.2) is 4.98 Å². The van der Waals surface area contributed by atoms with Crippen LogP contribution in [0.5, 0.6) is 0 Å². The number of rotatable bonds is 1. The van der Waals surface area contributed by atoms with Crippen molar-refractivity contribution in [2.24, 2.45) is 0 Å². The molecule has 0 aliphatic heterocycles. The third kappa shape index (κ3) is 1.52. The summed E-state index contributed by atoms with van der Waals surface area (Å²) < 4.78 is 0. The Morgan fingerprint density at radius 1 is 1.38 bits per heavy atom. The Hall–Kier alpha value is -1.08. The number of aromatic nitrogens is 1. The zero-order valence-electron chi connectivity index (χ0n) is 7.42. The molecule has 0 N–H and O–H groups in total. The van der Waals surface area contributed by atoms with Gasteiger partial charge in [-0.25, -0.2) is 0 Å². The molecule has 1 aromatic heterocycles. The highest BCUT2D eigenvalue weighted by Crippen LogP contribution is 2.19. The van der Waals surface area contributed by atoms with Crippen LogP contribution in [0.15, 0.2) is 30.5 Å². The van der Waals surface area contributed by atoms with Gasteiger partial charge in [-0.3, -0.25) is 4.98 Å². The van der Waals surface area contributed by atoms with E-state index in [1.807, 2.05) is 6.07 Å². The normalized spacial score (nSPS) is 10.6. The second-order valence-corrected chi connectivity index (χ2v) is 3.40. The number of hydrogen-bond donors (Lipinski definition) is 0. The summed E-state index contributed by atoms with van der Waals surface area (Å²) in [6.45, 7) is 2.07. The van der Waals surface area contributed by atoms with E-state index in [1.165, 1.54) is 5.56 Å². The molecule has 0 saturated heterocycles. The van der Waals surface area contributed by atoms with Gasteiger partial charge in [-0.15, -0.1) is 11.6 Å². The van der Waals surface area contributed by atoms with Gasteiger partial charge in [-0.05, 0) is 24.6 Å². The zero-order valence-corrected chi connectivity index (χ0v) is 8.17. The molecule has 2 aromatic rings. The molecule has 13 heavy (non-hydrogen) atoms. The summed E-state index contributed by atoms with van der Waals surface area (Å²) in [5, 5.41) is 1.16. The zero-order chi connectivity index (χ0) is 9.26. The summed E-state index contributed by atoms with van der Waals surface area (Å²) in [6, 6.07) is 8.21. The van der Waals surface area contributed by atoms with E-state index in [1.54, 1.807) is 6.20 Å². The Morgan fingerprint density at radius 3 is 3.00 bits per heavy atom. The van der Waals surface area contributed by atoms with Gasteiger partial charge in [-0.1, -0.05) is 17.7 Å². The van der Waals surface area contributed by atoms with Gasteiger partial charge >= 0.3 is 0 Å². The van der Waals surface area contributed by atoms with Crippen molar-refractivity contribution in [2.75, 3.05) is 0 Å². The molecule has 0 bridgehead atoms. The van der Waals surface area contributed by atoms with E-state index in [4.69, 9.17) is 11.6 Å². The molecule has 0 atom stereocenters. The van der Waals surface area contributed by atoms with Gasteiger partial charge in [0.2, 0.25) is 0 Å². The van der Waals surface area contributed by atoms with Crippen LogP contribution < -0.4 is 0 Å². The Morgan fingerprint density at radius 2 is 2.23 bits per heavy atom. The average Bonchev–Trinajstić information content (AvgIpc) is 2.16. The van der Waals surface area contributed by atoms with Crippen molar-refractivity contribution in [3.05, 3.63) is 41.6 Å². The largest absolute Gasteiger partial charge is 0.256 e. The van der Waals surface area contributed by atoms with Crippen molar-refractivity contribution in [1.29, 1.82) is 0 Å². The van der Waals surface area contributed by atoms with E-state index in [0.717, 1.165) is 16.5 Å². The molecule has 1 heterocycles. The van der Waals surface area contributed by atoms with Crippen LogP contribution in [0.4, 0.5) is 0 Å². The molecular formula is C11H10ClN. The van der Waals surface area contributed by atoms with Gasteiger partial charge in [0.15, 0.2) is 0 Å². The summed E-state index contributed by atoms with van der Waals surface area (Å²) in [7, 11) is 0. The topological polar surface area (TPSA) is 12.9 Å². The highest BCUT2D eigenvalue weighted by atomic mass is 35.5. The fourth-order valence-electron chi connectivity index (χ4n) is 1.53. The number of pyridine rings is 1. The van der Waals surface area contributed by atoms with Crippen molar-refractivity contribution in [3.8, 4) is 0 Å². The van der Waals surface area contributed by atoms with Crippen LogP contribution in [0.2, 0.25) is 0 Å². The second-order valence-electron chi connectivity index (χ2n) is 3.13. The molecule has 0 radical (unpaired) electrons. The van der Waals surface area contributed by atoms with Crippen molar-refractivity contribution in [2.45, 2.75) is 12.8 Å². The highest BCUT2D eigenvalue weighted by Gasteiger charge is 2.01. The van der Waals surface area contributed by atoms with Crippen molar-refractivity contribution < 1.29 is 0 Å². The molecule has 2 heteroatoms. The van der Waals surface area contributed by atoms with E-state index in [-0.39, 0.29) is 0 Å². The van der Waals surface area contributed by atoms with Crippen LogP contribution in [0.25, 0.3) is 10.9 Å². The summed E-state index contributed by atoms with van der Waals surface area (Å²) in [6.07, 6.45) is 1.80. The molecule has 66 valence electrons. The first-order valence-corrected chi connectivity index (χ1v) is 4.75. The van der Waals surface area contributed by atoms with Gasteiger partial charge in [-0.2, -0.15) is 0 Å². The van der Waals surface area contributed by atoms with Crippen LogP contribution in [0.3, 0.4) is 0 Å². The first-order chi connectivity index (χ1) is 6.31. The molecule has 0 aliphatic rings. The lowest BCUT2D eigenvalue weighted by atomic mass is 10.1. The smallest absolute Gasteiger partial charge is 0.0746 e. The molecule has 1 aromatic carbocycles. The maximum Gasteiger partial charge on any atom is 0.0746 e. The molecular weight excluding hydrogens is 182 g/mol. The first kappa shape index (κ1) is 8.52. The summed E-state index contributed by atoms with van der Waals surface area (Å²) in [4.78, 5) is 4.31. The van der Waals surface area contributed by atoms with Crippen LogP contribution >= 0.6 is 11.6 Å². The minimum Gasteiger partial charge on any atom is -0.256 e. The summed E-state index contributed by atoms with van der Waals surface area (Å²) in [5.74, 6) is 0.523. The van der Waals surface area contributed by atoms with Gasteiger partial charge in [0.25, 0.3) is 0 Å². The number of alkyl halides is 1. The number of halogens is 1. The van der Waals surface area contributed by atoms with E-state index in [9.17, 15) is 0 Å². The standard InChI is InChI=1S/C11H10ClN/c1-8-5-9-3-2-4-13-11(9)10(6-8)7-12/h2-6H,7H2,1H3. The fraction of sp³-hybridized carbons (Fsp3) is 0.182. The Bertz CT molecular complexity index is 437. The van der Waals surface area contributed by atoms with E-state index in [2.05, 4.69) is 30.1 Å². The Balaban J connectivity index is 2.81. The van der Waals surface area contributed by atoms with Gasteiger partial charge < -0.3 is 0 Å². The number of hydrogen-bond acceptors (Lipinski definition) is 1. The molecule has 0 fully saturated rings. The average molecular weight is 192 g/mol. The maximum absolute atomic E-state index is 5.84. The number of nitrogens with zero attached hydrogens (tertiary/aromatic N) is 1. The van der Waals surface area contributed by atoms with Crippen molar-refractivity contribution >= 4 is 22.5 Å². The van der Waals surface area contributed by atoms with Crippen LogP contribution in [0.1, 0.15) is 11.1 Å². The molecule has 0 saturated carbocycles. The predicted octanol–water partition coefficient (Wildman–Crippen LogP) is 3.28. The quantitative estimate of drug-likeness (QED) is 0.631. The summed E-state index contributed by atoms with van der Waals surface area (Å²) in [5.41, 5.74) is 3.36. The number of fused-ring (bicyclic) bond motifs is 1. The molecule has 1 nitrogen and oxygen atoms in total. The van der Waals surface area contributed by atoms with Gasteiger partial charge in [0.05, 0.1) is 5.52 Å². The summed E-state index contributed by atoms with van der Waals surface area (Å²) >= 11 is 5.84. The monoisotopic (exact) mass is 191 g/mol. The molecule has 0 unspecified atom stereocenters. The molecule has 0 spiro atoms. The minimum atomic E-state index is 0.523. The SMILES string of the molecule is Cc1cc(CCl)c2ncccc2c1. The second kappa shape index (κ2) is 3.35. The lowest BCUT2D eigenvalue weighted by Gasteiger charge is -2.03. The molecule has 0 aliphatic carbocycles. The van der Waals surface area contributed by atoms with E-state index < -0.39 is 0 Å². The van der Waals surface area contributed by atoms with Gasteiger partial charge in [0.1, 0.15) is 0 Å². The highest BCUT2D eigenvalue weighted by molar-refractivity contribution is 6.17. The molecule has 2 rings (SSSR count). The minimum absolute atomic E-state index is 0.523. The van der Waals surface area contributed by atoms with E-state index >= 15 is 0 Å². The fourth-order valence-corrected chi connectivity index (χ4v) is 1.74. The van der Waals surface area contributed by atoms with E-state index in [0.29, 0.717) is 5.88 Å². The predicted molar refractivity (Wildman–Crippen MR) is 56.0 cm³/mol. The number of benzene rings is 1. The van der Waals surface area contributed by atoms with Crippen LogP contribution in [0, 0.1) is 6.92 Å². The van der Waals surface area contributed by atoms with Crippen molar-refractivity contribution in [3.63, 3.8) is 0 Å². The lowest BCUT2D eigenvalue weighted by Crippen LogP contribution is -1.87. The first-order valence-electron chi connectivity index (χ1n) is 4.21. The lowest BCUT2D eigenvalue weighted by molar-refractivity contribution is 1.32.